The molecule has 3 N–H and O–H groups in total. The summed E-state index contributed by atoms with van der Waals surface area (Å²) in [5.74, 6) is -0.581. The molecule has 6 nitrogen and oxygen atoms in total. The topological polar surface area (TPSA) is 87.7 Å². The van der Waals surface area contributed by atoms with Crippen LogP contribution in [0.3, 0.4) is 0 Å². The average Bonchev–Trinajstić information content (AvgIpc) is 2.70. The molecule has 1 saturated carbocycles. The second kappa shape index (κ2) is 6.23. The summed E-state index contributed by atoms with van der Waals surface area (Å²) < 4.78 is 4.98. The lowest BCUT2D eigenvalue weighted by molar-refractivity contribution is -0.164. The van der Waals surface area contributed by atoms with Crippen LogP contribution >= 0.6 is 0 Å². The fourth-order valence-corrected chi connectivity index (χ4v) is 1.99. The number of nitrogens with one attached hydrogen (secondary N) is 2. The Balaban J connectivity index is 2.17. The lowest BCUT2D eigenvalue weighted by Crippen LogP contribution is -2.47. The number of carbonyl (C=O) groups excluding carboxylic acids is 2. The van der Waals surface area contributed by atoms with Gasteiger partial charge in [-0.15, -0.1) is 0 Å². The summed E-state index contributed by atoms with van der Waals surface area (Å²) in [6.45, 7) is 5.93. The second-order valence-electron chi connectivity index (χ2n) is 6.01. The highest BCUT2D eigenvalue weighted by Crippen LogP contribution is 2.30. The minimum Gasteiger partial charge on any atom is -0.462 e. The molecule has 1 rings (SSSR count). The molecule has 0 aromatic carbocycles. The quantitative estimate of drug-likeness (QED) is 0.525. The number of carbonyl (C=O) groups is 2. The van der Waals surface area contributed by atoms with Crippen molar-refractivity contribution in [1.29, 1.82) is 0 Å². The average molecular weight is 272 g/mol. The fraction of sp³-hybridized carbons (Fsp3) is 0.846. The van der Waals surface area contributed by atoms with Crippen LogP contribution in [-0.2, 0) is 9.53 Å². The Morgan fingerprint density at radius 2 is 1.84 bits per heavy atom. The van der Waals surface area contributed by atoms with Crippen molar-refractivity contribution < 1.29 is 19.4 Å². The number of urea groups is 1. The van der Waals surface area contributed by atoms with E-state index in [0.29, 0.717) is 12.8 Å². The first-order valence-electron chi connectivity index (χ1n) is 6.69. The molecule has 0 heterocycles. The number of hydrogen-bond acceptors (Lipinski definition) is 4. The van der Waals surface area contributed by atoms with Gasteiger partial charge >= 0.3 is 12.0 Å². The summed E-state index contributed by atoms with van der Waals surface area (Å²) in [6.07, 6.45) is 2.61. The third-order valence-electron chi connectivity index (χ3n) is 2.92. The molecule has 19 heavy (non-hydrogen) atoms. The predicted octanol–water partition coefficient (Wildman–Crippen LogP) is 0.932. The lowest BCUT2D eigenvalue weighted by Gasteiger charge is -2.21. The van der Waals surface area contributed by atoms with Crippen molar-refractivity contribution in [1.82, 2.24) is 10.6 Å². The minimum atomic E-state index is -1.31. The van der Waals surface area contributed by atoms with Crippen LogP contribution in [-0.4, -0.2) is 41.4 Å². The zero-order valence-electron chi connectivity index (χ0n) is 11.9. The van der Waals surface area contributed by atoms with E-state index in [0.717, 1.165) is 12.8 Å². The number of hydrogen-bond donors (Lipinski definition) is 3. The van der Waals surface area contributed by atoms with Crippen LogP contribution in [0.1, 0.15) is 46.5 Å². The van der Waals surface area contributed by atoms with E-state index in [1.54, 1.807) is 0 Å². The molecule has 1 fully saturated rings. The molecule has 0 bridgehead atoms. The van der Waals surface area contributed by atoms with E-state index in [4.69, 9.17) is 4.74 Å². The summed E-state index contributed by atoms with van der Waals surface area (Å²) in [5.41, 5.74) is -1.62. The van der Waals surface area contributed by atoms with Gasteiger partial charge in [0, 0.05) is 5.54 Å². The Hall–Kier alpha value is -1.30. The maximum atomic E-state index is 11.6. The third-order valence-corrected chi connectivity index (χ3v) is 2.92. The van der Waals surface area contributed by atoms with Gasteiger partial charge in [-0.1, -0.05) is 0 Å². The number of esters is 1. The number of ether oxygens (including phenoxy) is 1. The summed E-state index contributed by atoms with van der Waals surface area (Å²) in [4.78, 5) is 23.1. The highest BCUT2D eigenvalue weighted by Gasteiger charge is 2.40. The maximum Gasteiger partial charge on any atom is 0.338 e. The molecule has 0 spiro atoms. The van der Waals surface area contributed by atoms with Crippen LogP contribution in [0.5, 0.6) is 0 Å². The van der Waals surface area contributed by atoms with Gasteiger partial charge in [-0.3, -0.25) is 0 Å². The predicted molar refractivity (Wildman–Crippen MR) is 70.7 cm³/mol. The largest absolute Gasteiger partial charge is 0.462 e. The zero-order valence-corrected chi connectivity index (χ0v) is 11.9. The van der Waals surface area contributed by atoms with Crippen LogP contribution < -0.4 is 10.6 Å². The normalized spacial score (nSPS) is 17.9. The molecule has 2 amide bonds. The number of aliphatic hydroxyl groups is 1. The smallest absolute Gasteiger partial charge is 0.338 e. The molecule has 0 aromatic rings. The number of rotatable bonds is 4. The van der Waals surface area contributed by atoms with E-state index in [-0.39, 0.29) is 24.7 Å². The Labute approximate surface area is 113 Å². The molecule has 110 valence electrons. The van der Waals surface area contributed by atoms with Gasteiger partial charge < -0.3 is 20.5 Å². The van der Waals surface area contributed by atoms with E-state index in [2.05, 4.69) is 10.6 Å². The molecule has 0 aliphatic heterocycles. The molecule has 1 aliphatic carbocycles. The Morgan fingerprint density at radius 3 is 2.37 bits per heavy atom. The molecule has 1 aliphatic rings. The molecular formula is C13H24N2O4. The van der Waals surface area contributed by atoms with Crippen molar-refractivity contribution in [3.8, 4) is 0 Å². The van der Waals surface area contributed by atoms with Crippen molar-refractivity contribution in [3.05, 3.63) is 0 Å². The molecule has 6 heteroatoms. The highest BCUT2D eigenvalue weighted by atomic mass is 16.5. The zero-order chi connectivity index (χ0) is 14.5. The standard InChI is InChI=1S/C13H24N2O4/c1-12(2,3)15-11(17)14-8-9-19-10(16)13(18)6-4-5-7-13/h18H,4-9H2,1-3H3,(H2,14,15,17). The van der Waals surface area contributed by atoms with Crippen LogP contribution in [0, 0.1) is 0 Å². The first-order chi connectivity index (χ1) is 8.73. The molecule has 0 radical (unpaired) electrons. The van der Waals surface area contributed by atoms with Crippen LogP contribution in [0.4, 0.5) is 4.79 Å². The molecule has 0 saturated heterocycles. The molecule has 0 unspecified atom stereocenters. The van der Waals surface area contributed by atoms with Crippen LogP contribution in [0.15, 0.2) is 0 Å². The van der Waals surface area contributed by atoms with Crippen molar-refractivity contribution >= 4 is 12.0 Å². The Morgan fingerprint density at radius 1 is 1.26 bits per heavy atom. The van der Waals surface area contributed by atoms with E-state index in [9.17, 15) is 14.7 Å². The number of amides is 2. The maximum absolute atomic E-state index is 11.6. The van der Waals surface area contributed by atoms with Crippen molar-refractivity contribution in [3.63, 3.8) is 0 Å². The van der Waals surface area contributed by atoms with Gasteiger partial charge in [-0.25, -0.2) is 9.59 Å². The van der Waals surface area contributed by atoms with Crippen molar-refractivity contribution in [2.45, 2.75) is 57.6 Å². The lowest BCUT2D eigenvalue weighted by atomic mass is 10.0. The molecule has 0 aromatic heterocycles. The fourth-order valence-electron chi connectivity index (χ4n) is 1.99. The summed E-state index contributed by atoms with van der Waals surface area (Å²) in [6, 6.07) is -0.303. The third kappa shape index (κ3) is 5.46. The first-order valence-corrected chi connectivity index (χ1v) is 6.69. The van der Waals surface area contributed by atoms with Crippen molar-refractivity contribution in [2.24, 2.45) is 0 Å². The van der Waals surface area contributed by atoms with Crippen LogP contribution in [0.25, 0.3) is 0 Å². The summed E-state index contributed by atoms with van der Waals surface area (Å²) in [7, 11) is 0. The minimum absolute atomic E-state index is 0.0682. The SMILES string of the molecule is CC(C)(C)NC(=O)NCCOC(=O)C1(O)CCCC1. The first kappa shape index (κ1) is 15.8. The van der Waals surface area contributed by atoms with E-state index in [1.807, 2.05) is 20.8 Å². The molecular weight excluding hydrogens is 248 g/mol. The van der Waals surface area contributed by atoms with Gasteiger partial charge in [0.1, 0.15) is 6.61 Å². The van der Waals surface area contributed by atoms with Gasteiger partial charge in [-0.05, 0) is 46.5 Å². The highest BCUT2D eigenvalue weighted by molar-refractivity contribution is 5.79. The van der Waals surface area contributed by atoms with Gasteiger partial charge in [0.05, 0.1) is 6.54 Å². The summed E-state index contributed by atoms with van der Waals surface area (Å²) >= 11 is 0. The second-order valence-corrected chi connectivity index (χ2v) is 6.01. The van der Waals surface area contributed by atoms with Crippen molar-refractivity contribution in [2.75, 3.05) is 13.2 Å². The van der Waals surface area contributed by atoms with Gasteiger partial charge in [0.25, 0.3) is 0 Å². The van der Waals surface area contributed by atoms with E-state index < -0.39 is 11.6 Å². The monoisotopic (exact) mass is 272 g/mol. The van der Waals surface area contributed by atoms with Gasteiger partial charge in [-0.2, -0.15) is 0 Å². The van der Waals surface area contributed by atoms with E-state index >= 15 is 0 Å². The van der Waals surface area contributed by atoms with Gasteiger partial charge in [0.15, 0.2) is 5.60 Å². The van der Waals surface area contributed by atoms with Gasteiger partial charge in [0.2, 0.25) is 0 Å². The Bertz CT molecular complexity index is 330. The van der Waals surface area contributed by atoms with E-state index in [1.165, 1.54) is 0 Å². The van der Waals surface area contributed by atoms with Crippen LogP contribution in [0.2, 0.25) is 0 Å². The summed E-state index contributed by atoms with van der Waals surface area (Å²) in [5, 5.41) is 15.3. The Kier molecular flexibility index (Phi) is 5.17. The molecule has 0 atom stereocenters.